The molecular weight excluding hydrogens is 451 g/mol. The highest BCUT2D eigenvalue weighted by Crippen LogP contribution is 2.33. The number of hydrogen-bond donors (Lipinski definition) is 1. The zero-order valence-corrected chi connectivity index (χ0v) is 19.1. The molecule has 1 unspecified atom stereocenters. The fourth-order valence-corrected chi connectivity index (χ4v) is 6.46. The third kappa shape index (κ3) is 5.28. The lowest BCUT2D eigenvalue weighted by atomic mass is 9.98. The van der Waals surface area contributed by atoms with Crippen molar-refractivity contribution in [2.24, 2.45) is 5.92 Å². The van der Waals surface area contributed by atoms with Crippen molar-refractivity contribution < 1.29 is 22.7 Å². The lowest BCUT2D eigenvalue weighted by Gasteiger charge is -2.31. The summed E-state index contributed by atoms with van der Waals surface area (Å²) in [7, 11) is -3.87. The number of benzene rings is 1. The molecule has 1 atom stereocenters. The van der Waals surface area contributed by atoms with Crippen molar-refractivity contribution in [2.75, 3.05) is 13.1 Å². The molecule has 2 aliphatic rings. The van der Waals surface area contributed by atoms with E-state index in [0.717, 1.165) is 25.7 Å². The molecule has 0 aromatic heterocycles. The summed E-state index contributed by atoms with van der Waals surface area (Å²) in [4.78, 5) is 24.6. The smallest absolute Gasteiger partial charge is 0.309 e. The van der Waals surface area contributed by atoms with Gasteiger partial charge < -0.3 is 10.1 Å². The van der Waals surface area contributed by atoms with Crippen LogP contribution in [0, 0.1) is 5.92 Å². The van der Waals surface area contributed by atoms with Gasteiger partial charge in [0.1, 0.15) is 4.90 Å². The maximum Gasteiger partial charge on any atom is 0.309 e. The topological polar surface area (TPSA) is 92.8 Å². The molecule has 3 rings (SSSR count). The Labute approximate surface area is 187 Å². The standard InChI is InChI=1S/C20H26Cl2N2O5S/c1-13(19(25)23-15-5-2-3-6-15)29-20(26)14-9-11-24(12-10-14)30(27,28)18-16(21)7-4-8-17(18)22/h4,7-8,13-15H,2-3,5-6,9-12H2,1H3,(H,23,25). The molecule has 1 aromatic rings. The maximum atomic E-state index is 12.9. The number of sulfonamides is 1. The van der Waals surface area contributed by atoms with Crippen LogP contribution in [0.1, 0.15) is 45.4 Å². The number of amides is 1. The Hall–Kier alpha value is -1.35. The number of halogens is 2. The highest BCUT2D eigenvalue weighted by Gasteiger charge is 2.36. The minimum Gasteiger partial charge on any atom is -0.452 e. The van der Waals surface area contributed by atoms with Crippen molar-refractivity contribution in [3.8, 4) is 0 Å². The van der Waals surface area contributed by atoms with E-state index in [4.69, 9.17) is 27.9 Å². The third-order valence-corrected chi connectivity index (χ3v) is 8.52. The molecule has 0 bridgehead atoms. The second-order valence-electron chi connectivity index (χ2n) is 7.80. The molecular formula is C20H26Cl2N2O5S. The summed E-state index contributed by atoms with van der Waals surface area (Å²) in [5.74, 6) is -1.22. The van der Waals surface area contributed by atoms with Crippen LogP contribution in [0.15, 0.2) is 23.1 Å². The lowest BCUT2D eigenvalue weighted by molar-refractivity contribution is -0.160. The maximum absolute atomic E-state index is 12.9. The average molecular weight is 477 g/mol. The van der Waals surface area contributed by atoms with E-state index in [1.165, 1.54) is 16.4 Å². The molecule has 1 saturated carbocycles. The van der Waals surface area contributed by atoms with Gasteiger partial charge in [0.15, 0.2) is 6.10 Å². The summed E-state index contributed by atoms with van der Waals surface area (Å²) in [5.41, 5.74) is 0. The van der Waals surface area contributed by atoms with Crippen LogP contribution in [0.25, 0.3) is 0 Å². The number of carbonyl (C=O) groups is 2. The molecule has 0 spiro atoms. The van der Waals surface area contributed by atoms with E-state index in [1.807, 2.05) is 0 Å². The van der Waals surface area contributed by atoms with Crippen LogP contribution < -0.4 is 5.32 Å². The largest absolute Gasteiger partial charge is 0.452 e. The monoisotopic (exact) mass is 476 g/mol. The van der Waals surface area contributed by atoms with Crippen molar-refractivity contribution in [1.29, 1.82) is 0 Å². The summed E-state index contributed by atoms with van der Waals surface area (Å²) in [6, 6.07) is 4.68. The Balaban J connectivity index is 1.54. The number of nitrogens with one attached hydrogen (secondary N) is 1. The predicted octanol–water partition coefficient (Wildman–Crippen LogP) is 3.38. The number of nitrogens with zero attached hydrogens (tertiary/aromatic N) is 1. The Bertz CT molecular complexity index is 874. The normalized spacial score (nSPS) is 20.1. The van der Waals surface area contributed by atoms with Gasteiger partial charge in [-0.2, -0.15) is 4.31 Å². The fourth-order valence-electron chi connectivity index (χ4n) is 3.90. The summed E-state index contributed by atoms with van der Waals surface area (Å²) in [6.07, 6.45) is 3.83. The molecule has 1 amide bonds. The molecule has 2 fully saturated rings. The summed E-state index contributed by atoms with van der Waals surface area (Å²) < 4.78 is 32.5. The van der Waals surface area contributed by atoms with Gasteiger partial charge in [0, 0.05) is 19.1 Å². The van der Waals surface area contributed by atoms with Gasteiger partial charge in [-0.1, -0.05) is 42.1 Å². The molecule has 7 nitrogen and oxygen atoms in total. The zero-order valence-electron chi connectivity index (χ0n) is 16.8. The van der Waals surface area contributed by atoms with E-state index in [-0.39, 0.29) is 40.0 Å². The lowest BCUT2D eigenvalue weighted by Crippen LogP contribution is -2.44. The molecule has 1 aromatic carbocycles. The molecule has 0 radical (unpaired) electrons. The number of carbonyl (C=O) groups excluding carboxylic acids is 2. The number of piperidine rings is 1. The van der Waals surface area contributed by atoms with Crippen LogP contribution in [0.3, 0.4) is 0 Å². The molecule has 1 aliphatic heterocycles. The number of rotatable bonds is 6. The Kier molecular flexibility index (Phi) is 7.66. The molecule has 1 heterocycles. The first-order valence-electron chi connectivity index (χ1n) is 10.1. The van der Waals surface area contributed by atoms with Crippen LogP contribution in [0.5, 0.6) is 0 Å². The van der Waals surface area contributed by atoms with E-state index in [9.17, 15) is 18.0 Å². The van der Waals surface area contributed by atoms with Crippen molar-refractivity contribution in [3.05, 3.63) is 28.2 Å². The SMILES string of the molecule is CC(OC(=O)C1CCN(S(=O)(=O)c2c(Cl)cccc2Cl)CC1)C(=O)NC1CCCC1. The van der Waals surface area contributed by atoms with Crippen LogP contribution in [0.2, 0.25) is 10.0 Å². The zero-order chi connectivity index (χ0) is 21.9. The van der Waals surface area contributed by atoms with Crippen LogP contribution in [0.4, 0.5) is 0 Å². The Morgan fingerprint density at radius 3 is 2.23 bits per heavy atom. The first kappa shape index (κ1) is 23.3. The minimum atomic E-state index is -3.87. The van der Waals surface area contributed by atoms with Gasteiger partial charge in [0.05, 0.1) is 16.0 Å². The first-order valence-corrected chi connectivity index (χ1v) is 12.3. The van der Waals surface area contributed by atoms with Crippen LogP contribution >= 0.6 is 23.2 Å². The summed E-state index contributed by atoms with van der Waals surface area (Å²) in [5, 5.41) is 3.04. The van der Waals surface area contributed by atoms with E-state index < -0.39 is 28.0 Å². The Morgan fingerprint density at radius 1 is 1.10 bits per heavy atom. The average Bonchev–Trinajstić information content (AvgIpc) is 3.20. The van der Waals surface area contributed by atoms with E-state index in [2.05, 4.69) is 5.32 Å². The van der Waals surface area contributed by atoms with Gasteiger partial charge in [0.25, 0.3) is 5.91 Å². The molecule has 1 aliphatic carbocycles. The second kappa shape index (κ2) is 9.85. The van der Waals surface area contributed by atoms with Crippen LogP contribution in [-0.4, -0.2) is 49.8 Å². The van der Waals surface area contributed by atoms with Gasteiger partial charge in [-0.25, -0.2) is 8.42 Å². The highest BCUT2D eigenvalue weighted by molar-refractivity contribution is 7.89. The van der Waals surface area contributed by atoms with Crippen LogP contribution in [-0.2, 0) is 24.3 Å². The quantitative estimate of drug-likeness (QED) is 0.635. The van der Waals surface area contributed by atoms with E-state index in [0.29, 0.717) is 12.8 Å². The molecule has 1 N–H and O–H groups in total. The van der Waals surface area contributed by atoms with E-state index >= 15 is 0 Å². The van der Waals surface area contributed by atoms with Crippen molar-refractivity contribution in [1.82, 2.24) is 9.62 Å². The summed E-state index contributed by atoms with van der Waals surface area (Å²) >= 11 is 12.1. The first-order chi connectivity index (χ1) is 14.2. The summed E-state index contributed by atoms with van der Waals surface area (Å²) in [6.45, 7) is 1.85. The highest BCUT2D eigenvalue weighted by atomic mass is 35.5. The number of ether oxygens (including phenoxy) is 1. The van der Waals surface area contributed by atoms with Gasteiger partial charge in [0.2, 0.25) is 10.0 Å². The van der Waals surface area contributed by atoms with Crippen molar-refractivity contribution >= 4 is 45.1 Å². The molecule has 166 valence electrons. The molecule has 1 saturated heterocycles. The number of hydrogen-bond acceptors (Lipinski definition) is 5. The van der Waals surface area contributed by atoms with Gasteiger partial charge in [-0.05, 0) is 44.7 Å². The number of esters is 1. The Morgan fingerprint density at radius 2 is 1.67 bits per heavy atom. The fraction of sp³-hybridized carbons (Fsp3) is 0.600. The van der Waals surface area contributed by atoms with Gasteiger partial charge >= 0.3 is 5.97 Å². The minimum absolute atomic E-state index is 0.0612. The predicted molar refractivity (Wildman–Crippen MR) is 114 cm³/mol. The second-order valence-corrected chi connectivity index (χ2v) is 10.5. The van der Waals surface area contributed by atoms with Gasteiger partial charge in [-0.3, -0.25) is 9.59 Å². The molecule has 30 heavy (non-hydrogen) atoms. The van der Waals surface area contributed by atoms with Crippen molar-refractivity contribution in [3.63, 3.8) is 0 Å². The molecule has 10 heteroatoms. The van der Waals surface area contributed by atoms with Crippen molar-refractivity contribution in [2.45, 2.75) is 62.5 Å². The van der Waals surface area contributed by atoms with E-state index in [1.54, 1.807) is 13.0 Å². The van der Waals surface area contributed by atoms with Gasteiger partial charge in [-0.15, -0.1) is 0 Å². The third-order valence-electron chi connectivity index (χ3n) is 5.67.